The number of carbonyl (C=O) groups excluding carboxylic acids is 1. The molecule has 0 unspecified atom stereocenters. The number of aromatic nitrogens is 2. The predicted octanol–water partition coefficient (Wildman–Crippen LogP) is 1.93. The van der Waals surface area contributed by atoms with Gasteiger partial charge in [-0.1, -0.05) is 5.16 Å². The molecule has 2 aromatic rings. The summed E-state index contributed by atoms with van der Waals surface area (Å²) in [7, 11) is 1.56. The van der Waals surface area contributed by atoms with Gasteiger partial charge in [0.25, 0.3) is 0 Å². The Morgan fingerprint density at radius 1 is 1.29 bits per heavy atom. The lowest BCUT2D eigenvalue weighted by atomic mass is 10.2. The summed E-state index contributed by atoms with van der Waals surface area (Å²) in [5, 5.41) is 8.81. The molecule has 0 atom stereocenters. The van der Waals surface area contributed by atoms with Gasteiger partial charge in [0.2, 0.25) is 11.7 Å². The summed E-state index contributed by atoms with van der Waals surface area (Å²) >= 11 is 0. The first kappa shape index (κ1) is 17.9. The molecule has 1 amide bonds. The maximum absolute atomic E-state index is 12.4. The molecule has 0 aliphatic rings. The summed E-state index contributed by atoms with van der Waals surface area (Å²) in [5.41, 5.74) is 0.835. The Kier molecular flexibility index (Phi) is 5.88. The van der Waals surface area contributed by atoms with Crippen LogP contribution in [0.2, 0.25) is 0 Å². The van der Waals surface area contributed by atoms with E-state index in [1.807, 2.05) is 0 Å². The normalized spacial score (nSPS) is 11.5. The Morgan fingerprint density at radius 3 is 2.58 bits per heavy atom. The molecule has 24 heavy (non-hydrogen) atoms. The average Bonchev–Trinajstić information content (AvgIpc) is 3.02. The van der Waals surface area contributed by atoms with Crippen molar-refractivity contribution in [3.8, 4) is 11.4 Å². The van der Waals surface area contributed by atoms with Crippen LogP contribution in [-0.2, 0) is 15.7 Å². The zero-order valence-electron chi connectivity index (χ0n) is 12.7. The Balaban J connectivity index is 1.93. The number of amides is 1. The highest BCUT2D eigenvalue weighted by Crippen LogP contribution is 2.29. The van der Waals surface area contributed by atoms with Crippen LogP contribution >= 0.6 is 0 Å². The number of hydrogen-bond donors (Lipinski definition) is 2. The van der Waals surface area contributed by atoms with Crippen LogP contribution in [-0.4, -0.2) is 42.9 Å². The number of benzene rings is 1. The van der Waals surface area contributed by atoms with Crippen molar-refractivity contribution < 1.29 is 27.2 Å². The van der Waals surface area contributed by atoms with Crippen LogP contribution in [0.5, 0.6) is 0 Å². The number of carbonyl (C=O) groups is 1. The summed E-state index contributed by atoms with van der Waals surface area (Å²) in [6.07, 6.45) is -4.69. The SMILES string of the molecule is COCCNCC(=O)Nc1ccc(-c2noc(C(F)(F)F)n2)cc1. The molecular weight excluding hydrogens is 329 g/mol. The fourth-order valence-corrected chi connectivity index (χ4v) is 1.74. The smallest absolute Gasteiger partial charge is 0.383 e. The maximum Gasteiger partial charge on any atom is 0.471 e. The Bertz CT molecular complexity index is 671. The highest BCUT2D eigenvalue weighted by atomic mass is 19.4. The monoisotopic (exact) mass is 344 g/mol. The molecule has 0 bridgehead atoms. The average molecular weight is 344 g/mol. The fraction of sp³-hybridized carbons (Fsp3) is 0.357. The third-order valence-electron chi connectivity index (χ3n) is 2.86. The van der Waals surface area contributed by atoms with Crippen LogP contribution in [0, 0.1) is 0 Å². The van der Waals surface area contributed by atoms with E-state index < -0.39 is 12.1 Å². The predicted molar refractivity (Wildman–Crippen MR) is 78.1 cm³/mol. The van der Waals surface area contributed by atoms with E-state index in [0.717, 1.165) is 0 Å². The van der Waals surface area contributed by atoms with Crippen LogP contribution in [0.25, 0.3) is 11.4 Å². The number of nitrogens with one attached hydrogen (secondary N) is 2. The molecule has 7 nitrogen and oxygen atoms in total. The largest absolute Gasteiger partial charge is 0.471 e. The van der Waals surface area contributed by atoms with Crippen molar-refractivity contribution in [3.63, 3.8) is 0 Å². The van der Waals surface area contributed by atoms with Gasteiger partial charge >= 0.3 is 12.1 Å². The number of alkyl halides is 3. The third-order valence-corrected chi connectivity index (χ3v) is 2.86. The van der Waals surface area contributed by atoms with E-state index in [-0.39, 0.29) is 18.3 Å². The highest BCUT2D eigenvalue weighted by Gasteiger charge is 2.38. The van der Waals surface area contributed by atoms with E-state index in [2.05, 4.69) is 25.3 Å². The zero-order chi connectivity index (χ0) is 17.6. The van der Waals surface area contributed by atoms with Gasteiger partial charge in [-0.25, -0.2) is 0 Å². The van der Waals surface area contributed by atoms with Gasteiger partial charge in [-0.15, -0.1) is 0 Å². The zero-order valence-corrected chi connectivity index (χ0v) is 12.7. The molecular formula is C14H15F3N4O3. The molecule has 0 spiro atoms. The first-order chi connectivity index (χ1) is 11.4. The standard InChI is InChI=1S/C14H15F3N4O3/c1-23-7-6-18-8-11(22)19-10-4-2-9(3-5-10)12-20-13(24-21-12)14(15,16)17/h2-5,18H,6-8H2,1H3,(H,19,22). The molecule has 0 aliphatic heterocycles. The van der Waals surface area contributed by atoms with Gasteiger partial charge in [-0.05, 0) is 24.3 Å². The van der Waals surface area contributed by atoms with Crippen molar-refractivity contribution in [2.24, 2.45) is 0 Å². The molecule has 130 valence electrons. The molecule has 0 aliphatic carbocycles. The number of nitrogens with zero attached hydrogens (tertiary/aromatic N) is 2. The van der Waals surface area contributed by atoms with Crippen molar-refractivity contribution in [2.75, 3.05) is 32.1 Å². The molecule has 1 aromatic carbocycles. The third kappa shape index (κ3) is 5.03. The van der Waals surface area contributed by atoms with Gasteiger partial charge in [0.1, 0.15) is 0 Å². The van der Waals surface area contributed by atoms with Gasteiger partial charge in [0.05, 0.1) is 13.2 Å². The number of methoxy groups -OCH3 is 1. The van der Waals surface area contributed by atoms with Gasteiger partial charge in [0, 0.05) is 24.9 Å². The topological polar surface area (TPSA) is 89.3 Å². The molecule has 0 saturated heterocycles. The quantitative estimate of drug-likeness (QED) is 0.746. The summed E-state index contributed by atoms with van der Waals surface area (Å²) in [6.45, 7) is 1.15. The van der Waals surface area contributed by atoms with Crippen molar-refractivity contribution in [3.05, 3.63) is 30.2 Å². The number of anilines is 1. The van der Waals surface area contributed by atoms with Crippen molar-refractivity contribution in [2.45, 2.75) is 6.18 Å². The van der Waals surface area contributed by atoms with Gasteiger partial charge in [-0.3, -0.25) is 4.79 Å². The van der Waals surface area contributed by atoms with E-state index in [1.165, 1.54) is 24.3 Å². The van der Waals surface area contributed by atoms with Crippen LogP contribution < -0.4 is 10.6 Å². The summed E-state index contributed by atoms with van der Waals surface area (Å²) in [4.78, 5) is 15.0. The molecule has 2 rings (SSSR count). The lowest BCUT2D eigenvalue weighted by molar-refractivity contribution is -0.159. The number of rotatable bonds is 7. The van der Waals surface area contributed by atoms with Crippen LogP contribution in [0.1, 0.15) is 5.89 Å². The first-order valence-corrected chi connectivity index (χ1v) is 6.91. The highest BCUT2D eigenvalue weighted by molar-refractivity contribution is 5.92. The first-order valence-electron chi connectivity index (χ1n) is 6.91. The summed E-state index contributed by atoms with van der Waals surface area (Å²) in [5.74, 6) is -1.84. The van der Waals surface area contributed by atoms with E-state index in [4.69, 9.17) is 4.74 Å². The van der Waals surface area contributed by atoms with Crippen LogP contribution in [0.15, 0.2) is 28.8 Å². The van der Waals surface area contributed by atoms with Crippen LogP contribution in [0.3, 0.4) is 0 Å². The van der Waals surface area contributed by atoms with Crippen molar-refractivity contribution >= 4 is 11.6 Å². The Morgan fingerprint density at radius 2 is 2.00 bits per heavy atom. The molecule has 1 heterocycles. The maximum atomic E-state index is 12.4. The second-order valence-corrected chi connectivity index (χ2v) is 4.72. The number of halogens is 3. The second-order valence-electron chi connectivity index (χ2n) is 4.72. The van der Waals surface area contributed by atoms with Gasteiger partial charge in [-0.2, -0.15) is 18.2 Å². The lowest BCUT2D eigenvalue weighted by Crippen LogP contribution is -2.30. The number of ether oxygens (including phenoxy) is 1. The second kappa shape index (κ2) is 7.88. The fourth-order valence-electron chi connectivity index (χ4n) is 1.74. The Hall–Kier alpha value is -2.46. The van der Waals surface area contributed by atoms with Crippen molar-refractivity contribution in [1.29, 1.82) is 0 Å². The van der Waals surface area contributed by atoms with E-state index in [1.54, 1.807) is 7.11 Å². The molecule has 0 fully saturated rings. The molecule has 0 radical (unpaired) electrons. The van der Waals surface area contributed by atoms with Gasteiger partial charge in [0.15, 0.2) is 0 Å². The number of hydrogen-bond acceptors (Lipinski definition) is 6. The summed E-state index contributed by atoms with van der Waals surface area (Å²) < 4.78 is 46.3. The van der Waals surface area contributed by atoms with E-state index in [9.17, 15) is 18.0 Å². The van der Waals surface area contributed by atoms with E-state index >= 15 is 0 Å². The minimum atomic E-state index is -4.69. The molecule has 10 heteroatoms. The lowest BCUT2D eigenvalue weighted by Gasteiger charge is -2.06. The minimum Gasteiger partial charge on any atom is -0.383 e. The van der Waals surface area contributed by atoms with Crippen molar-refractivity contribution in [1.82, 2.24) is 15.5 Å². The van der Waals surface area contributed by atoms with E-state index in [0.29, 0.717) is 24.4 Å². The molecule has 0 saturated carbocycles. The molecule has 1 aromatic heterocycles. The Labute approximate surface area is 135 Å². The van der Waals surface area contributed by atoms with Crippen LogP contribution in [0.4, 0.5) is 18.9 Å². The minimum absolute atomic E-state index is 0.116. The molecule has 2 N–H and O–H groups in total. The summed E-state index contributed by atoms with van der Waals surface area (Å²) in [6, 6.07) is 6.04. The van der Waals surface area contributed by atoms with Gasteiger partial charge < -0.3 is 19.9 Å².